The van der Waals surface area contributed by atoms with Crippen LogP contribution in [0.3, 0.4) is 0 Å². The Morgan fingerprint density at radius 3 is 2.65 bits per heavy atom. The average Bonchev–Trinajstić information content (AvgIpc) is 2.64. The molecule has 0 amide bonds. The van der Waals surface area contributed by atoms with Gasteiger partial charge in [0.2, 0.25) is 0 Å². The third-order valence-electron chi connectivity index (χ3n) is 5.78. The first-order valence-electron chi connectivity index (χ1n) is 9.73. The first-order chi connectivity index (χ1) is 12.4. The van der Waals surface area contributed by atoms with Crippen LogP contribution in [-0.4, -0.2) is 12.7 Å². The highest BCUT2D eigenvalue weighted by Crippen LogP contribution is 2.41. The average molecular weight is 363 g/mol. The summed E-state index contributed by atoms with van der Waals surface area (Å²) in [7, 11) is 0. The molecule has 0 heterocycles. The Hall–Kier alpha value is -1.55. The lowest BCUT2D eigenvalue weighted by molar-refractivity contribution is -0.185. The van der Waals surface area contributed by atoms with E-state index in [1.54, 1.807) is 0 Å². The van der Waals surface area contributed by atoms with E-state index in [2.05, 4.69) is 48.6 Å². The lowest BCUT2D eigenvalue weighted by Crippen LogP contribution is -2.29. The van der Waals surface area contributed by atoms with Crippen LogP contribution >= 0.6 is 0 Å². The van der Waals surface area contributed by atoms with Crippen molar-refractivity contribution in [2.24, 2.45) is 11.8 Å². The van der Waals surface area contributed by atoms with Gasteiger partial charge in [-0.25, -0.2) is 0 Å². The van der Waals surface area contributed by atoms with Crippen LogP contribution in [-0.2, 0) is 0 Å². The first kappa shape index (κ1) is 19.2. The van der Waals surface area contributed by atoms with E-state index >= 15 is 0 Å². The summed E-state index contributed by atoms with van der Waals surface area (Å²) in [6, 6.07) is 14.9. The summed E-state index contributed by atoms with van der Waals surface area (Å²) in [6.07, 6.45) is 0.116. The maximum absolute atomic E-state index is 12.9. The molecule has 0 saturated heterocycles. The zero-order valence-corrected chi connectivity index (χ0v) is 15.4. The lowest BCUT2D eigenvalue weighted by Gasteiger charge is -2.30. The highest BCUT2D eigenvalue weighted by molar-refractivity contribution is 5.86. The van der Waals surface area contributed by atoms with E-state index in [9.17, 15) is 13.2 Å². The van der Waals surface area contributed by atoms with Gasteiger partial charge >= 0.3 is 6.18 Å². The minimum absolute atomic E-state index is 0.227. The highest BCUT2D eigenvalue weighted by atomic mass is 19.4. The number of halogens is 3. The molecule has 1 fully saturated rings. The summed E-state index contributed by atoms with van der Waals surface area (Å²) < 4.78 is 38.7. The normalized spacial score (nSPS) is 22.5. The van der Waals surface area contributed by atoms with Crippen molar-refractivity contribution in [3.63, 3.8) is 0 Å². The van der Waals surface area contributed by atoms with Gasteiger partial charge in [0, 0.05) is 6.04 Å². The molecule has 0 aliphatic heterocycles. The van der Waals surface area contributed by atoms with Crippen LogP contribution in [0, 0.1) is 11.8 Å². The second kappa shape index (κ2) is 8.43. The van der Waals surface area contributed by atoms with E-state index in [1.165, 1.54) is 16.3 Å². The molecule has 3 rings (SSSR count). The van der Waals surface area contributed by atoms with Crippen LogP contribution in [0.2, 0.25) is 0 Å². The Morgan fingerprint density at radius 1 is 1.08 bits per heavy atom. The summed E-state index contributed by atoms with van der Waals surface area (Å²) >= 11 is 0. The van der Waals surface area contributed by atoms with Crippen LogP contribution in [0.5, 0.6) is 0 Å². The highest BCUT2D eigenvalue weighted by Gasteiger charge is 2.41. The van der Waals surface area contributed by atoms with Crippen LogP contribution in [0.25, 0.3) is 10.8 Å². The molecule has 142 valence electrons. The van der Waals surface area contributed by atoms with Gasteiger partial charge in [-0.2, -0.15) is 13.2 Å². The zero-order valence-electron chi connectivity index (χ0n) is 15.4. The predicted octanol–water partition coefficient (Wildman–Crippen LogP) is 6.64. The molecule has 1 aliphatic rings. The molecule has 3 unspecified atom stereocenters. The van der Waals surface area contributed by atoms with E-state index in [1.807, 2.05) is 6.07 Å². The van der Waals surface area contributed by atoms with Crippen LogP contribution in [0.4, 0.5) is 13.2 Å². The monoisotopic (exact) mass is 363 g/mol. The molecule has 0 aromatic heterocycles. The van der Waals surface area contributed by atoms with Gasteiger partial charge in [0.1, 0.15) is 0 Å². The van der Waals surface area contributed by atoms with Crippen LogP contribution in [0.15, 0.2) is 42.5 Å². The molecule has 2 aromatic carbocycles. The van der Waals surface area contributed by atoms with E-state index in [0.29, 0.717) is 19.3 Å². The standard InChI is InChI=1S/C22H28F3N/c1-16(20-13-5-10-18-9-2-3-12-21(18)20)26-14-6-8-17-7-4-11-19(15-17)22(23,24)25/h2-3,5,9-10,12-13,16-17,19,26H,4,6-8,11,14-15H2,1H3. The largest absolute Gasteiger partial charge is 0.391 e. The van der Waals surface area contributed by atoms with Crippen molar-refractivity contribution < 1.29 is 13.2 Å². The van der Waals surface area contributed by atoms with Crippen molar-refractivity contribution in [1.29, 1.82) is 0 Å². The smallest absolute Gasteiger partial charge is 0.310 e. The predicted molar refractivity (Wildman–Crippen MR) is 101 cm³/mol. The van der Waals surface area contributed by atoms with Gasteiger partial charge in [0.25, 0.3) is 0 Å². The fraction of sp³-hybridized carbons (Fsp3) is 0.545. The van der Waals surface area contributed by atoms with E-state index in [4.69, 9.17) is 0 Å². The molecule has 0 radical (unpaired) electrons. The number of nitrogens with one attached hydrogen (secondary N) is 1. The number of hydrogen-bond acceptors (Lipinski definition) is 1. The molecule has 26 heavy (non-hydrogen) atoms. The molecule has 1 aliphatic carbocycles. The maximum Gasteiger partial charge on any atom is 0.391 e. The van der Waals surface area contributed by atoms with E-state index in [0.717, 1.165) is 25.8 Å². The Bertz CT molecular complexity index is 705. The fourth-order valence-corrected chi connectivity index (χ4v) is 4.30. The summed E-state index contributed by atoms with van der Waals surface area (Å²) in [6.45, 7) is 3.00. The summed E-state index contributed by atoms with van der Waals surface area (Å²) in [5, 5.41) is 6.04. The van der Waals surface area contributed by atoms with E-state index in [-0.39, 0.29) is 12.0 Å². The number of hydrogen-bond donors (Lipinski definition) is 1. The first-order valence-corrected chi connectivity index (χ1v) is 9.73. The molecular weight excluding hydrogens is 335 g/mol. The molecule has 1 N–H and O–H groups in total. The lowest BCUT2D eigenvalue weighted by atomic mass is 9.79. The van der Waals surface area contributed by atoms with Gasteiger partial charge in [-0.05, 0) is 61.4 Å². The minimum atomic E-state index is -4.01. The third-order valence-corrected chi connectivity index (χ3v) is 5.78. The fourth-order valence-electron chi connectivity index (χ4n) is 4.30. The zero-order chi connectivity index (χ0) is 18.6. The van der Waals surface area contributed by atoms with Gasteiger partial charge < -0.3 is 5.32 Å². The van der Waals surface area contributed by atoms with Crippen molar-refractivity contribution in [1.82, 2.24) is 5.32 Å². The molecule has 1 saturated carbocycles. The molecule has 0 bridgehead atoms. The van der Waals surface area contributed by atoms with Crippen molar-refractivity contribution >= 4 is 10.8 Å². The molecule has 2 aromatic rings. The molecule has 1 nitrogen and oxygen atoms in total. The quantitative estimate of drug-likeness (QED) is 0.567. The number of benzene rings is 2. The van der Waals surface area contributed by atoms with E-state index < -0.39 is 12.1 Å². The molecule has 4 heteroatoms. The van der Waals surface area contributed by atoms with Crippen molar-refractivity contribution in [3.05, 3.63) is 48.0 Å². The Kier molecular flexibility index (Phi) is 6.23. The maximum atomic E-state index is 12.9. The summed E-state index contributed by atoms with van der Waals surface area (Å²) in [5.41, 5.74) is 1.28. The van der Waals surface area contributed by atoms with Crippen LogP contribution < -0.4 is 5.32 Å². The summed E-state index contributed by atoms with van der Waals surface area (Å²) in [4.78, 5) is 0. The van der Waals surface area contributed by atoms with Crippen molar-refractivity contribution in [2.75, 3.05) is 6.54 Å². The minimum Gasteiger partial charge on any atom is -0.310 e. The molecular formula is C22H28F3N. The Labute approximate surface area is 154 Å². The topological polar surface area (TPSA) is 12.0 Å². The second-order valence-corrected chi connectivity index (χ2v) is 7.66. The Morgan fingerprint density at radius 2 is 1.85 bits per heavy atom. The molecule has 3 atom stereocenters. The van der Waals surface area contributed by atoms with Gasteiger partial charge in [-0.15, -0.1) is 0 Å². The number of fused-ring (bicyclic) bond motifs is 1. The van der Waals surface area contributed by atoms with Crippen molar-refractivity contribution in [2.45, 2.75) is 57.7 Å². The number of alkyl halides is 3. The van der Waals surface area contributed by atoms with Gasteiger partial charge in [-0.3, -0.25) is 0 Å². The second-order valence-electron chi connectivity index (χ2n) is 7.66. The van der Waals surface area contributed by atoms with Gasteiger partial charge in [-0.1, -0.05) is 55.3 Å². The summed E-state index contributed by atoms with van der Waals surface area (Å²) in [5.74, 6) is -0.853. The molecule has 0 spiro atoms. The van der Waals surface area contributed by atoms with Gasteiger partial charge in [0.05, 0.1) is 5.92 Å². The van der Waals surface area contributed by atoms with Crippen LogP contribution in [0.1, 0.15) is 57.1 Å². The SMILES string of the molecule is CC(NCCCC1CCCC(C(F)(F)F)C1)c1cccc2ccccc12. The third kappa shape index (κ3) is 4.79. The number of rotatable bonds is 6. The van der Waals surface area contributed by atoms with Crippen molar-refractivity contribution in [3.8, 4) is 0 Å². The van der Waals surface area contributed by atoms with Gasteiger partial charge in [0.15, 0.2) is 0 Å². The Balaban J connectivity index is 1.47.